The summed E-state index contributed by atoms with van der Waals surface area (Å²) in [4.78, 5) is 15.1. The molecule has 0 aliphatic carbocycles. The Morgan fingerprint density at radius 3 is 2.67 bits per heavy atom. The molecule has 1 aliphatic rings. The van der Waals surface area contributed by atoms with Gasteiger partial charge < -0.3 is 20.1 Å². The summed E-state index contributed by atoms with van der Waals surface area (Å²) in [7, 11) is 0. The summed E-state index contributed by atoms with van der Waals surface area (Å²) in [6, 6.07) is 1.29. The van der Waals surface area contributed by atoms with Crippen molar-refractivity contribution < 1.29 is 25.3 Å². The van der Waals surface area contributed by atoms with Crippen LogP contribution in [0, 0.1) is 0 Å². The maximum atomic E-state index is 11.6. The molecule has 1 saturated heterocycles. The van der Waals surface area contributed by atoms with Gasteiger partial charge in [-0.3, -0.25) is 15.3 Å². The maximum Gasteiger partial charge on any atom is 0.351 e. The van der Waals surface area contributed by atoms with Gasteiger partial charge in [0.25, 0.3) is 0 Å². The zero-order valence-corrected chi connectivity index (χ0v) is 9.17. The molecule has 2 heterocycles. The lowest BCUT2D eigenvalue weighted by Gasteiger charge is -2.16. The van der Waals surface area contributed by atoms with Gasteiger partial charge in [0.2, 0.25) is 0 Å². The molecule has 9 heteroatoms. The van der Waals surface area contributed by atoms with E-state index < -0.39 is 36.8 Å². The SMILES string of the molecule is O=c1nc(NO)ccn1[C@@H]1O[C@H](CO)[C@@H](O)[C@H]1O. The minimum atomic E-state index is -1.35. The third-order valence-electron chi connectivity index (χ3n) is 2.74. The number of aliphatic hydroxyl groups is 3. The molecule has 5 N–H and O–H groups in total. The second-order valence-electron chi connectivity index (χ2n) is 3.84. The van der Waals surface area contributed by atoms with Gasteiger partial charge in [0, 0.05) is 6.20 Å². The Kier molecular flexibility index (Phi) is 3.59. The van der Waals surface area contributed by atoms with Crippen molar-refractivity contribution in [1.82, 2.24) is 9.55 Å². The zero-order chi connectivity index (χ0) is 13.3. The number of hydrogen-bond donors (Lipinski definition) is 5. The highest BCUT2D eigenvalue weighted by Crippen LogP contribution is 2.27. The van der Waals surface area contributed by atoms with Gasteiger partial charge in [-0.05, 0) is 6.07 Å². The Bertz CT molecular complexity index is 478. The molecule has 2 rings (SSSR count). The molecule has 1 fully saturated rings. The monoisotopic (exact) mass is 259 g/mol. The molecular weight excluding hydrogens is 246 g/mol. The van der Waals surface area contributed by atoms with Gasteiger partial charge >= 0.3 is 5.69 Å². The Morgan fingerprint density at radius 1 is 1.44 bits per heavy atom. The molecule has 0 unspecified atom stereocenters. The fourth-order valence-electron chi connectivity index (χ4n) is 1.78. The van der Waals surface area contributed by atoms with Crippen molar-refractivity contribution in [2.24, 2.45) is 0 Å². The summed E-state index contributed by atoms with van der Waals surface area (Å²) in [6.45, 7) is -0.479. The van der Waals surface area contributed by atoms with E-state index >= 15 is 0 Å². The Morgan fingerprint density at radius 2 is 2.17 bits per heavy atom. The number of hydrogen-bond acceptors (Lipinski definition) is 8. The highest BCUT2D eigenvalue weighted by molar-refractivity contribution is 5.28. The molecule has 1 aliphatic heterocycles. The number of nitrogens with zero attached hydrogens (tertiary/aromatic N) is 2. The first-order valence-electron chi connectivity index (χ1n) is 5.20. The van der Waals surface area contributed by atoms with Crippen molar-refractivity contribution in [2.75, 3.05) is 12.1 Å². The van der Waals surface area contributed by atoms with E-state index in [0.717, 1.165) is 4.57 Å². The van der Waals surface area contributed by atoms with Gasteiger partial charge in [-0.1, -0.05) is 0 Å². The second-order valence-corrected chi connectivity index (χ2v) is 3.84. The van der Waals surface area contributed by atoms with Crippen molar-refractivity contribution in [1.29, 1.82) is 0 Å². The summed E-state index contributed by atoms with van der Waals surface area (Å²) in [5.41, 5.74) is 0.934. The average molecular weight is 259 g/mol. The average Bonchev–Trinajstić information content (AvgIpc) is 2.66. The third kappa shape index (κ3) is 2.09. The van der Waals surface area contributed by atoms with E-state index in [1.165, 1.54) is 12.3 Å². The van der Waals surface area contributed by atoms with Crippen LogP contribution in [0.1, 0.15) is 6.23 Å². The van der Waals surface area contributed by atoms with Gasteiger partial charge in [-0.25, -0.2) is 4.79 Å². The van der Waals surface area contributed by atoms with Crippen molar-refractivity contribution in [3.8, 4) is 0 Å². The van der Waals surface area contributed by atoms with E-state index in [0.29, 0.717) is 0 Å². The normalized spacial score (nSPS) is 31.6. The molecule has 18 heavy (non-hydrogen) atoms. The van der Waals surface area contributed by atoms with Crippen LogP contribution in [0.25, 0.3) is 0 Å². The number of nitrogens with one attached hydrogen (secondary N) is 1. The summed E-state index contributed by atoms with van der Waals surface area (Å²) in [5, 5.41) is 36.8. The van der Waals surface area contributed by atoms with Crippen molar-refractivity contribution >= 4 is 5.82 Å². The first-order valence-corrected chi connectivity index (χ1v) is 5.20. The van der Waals surface area contributed by atoms with Crippen LogP contribution in [-0.4, -0.2) is 55.0 Å². The Hall–Kier alpha value is -1.52. The topological polar surface area (TPSA) is 137 Å². The molecule has 100 valence electrons. The molecule has 0 amide bonds. The van der Waals surface area contributed by atoms with Crippen LogP contribution in [0.15, 0.2) is 17.1 Å². The molecule has 4 atom stereocenters. The van der Waals surface area contributed by atoms with E-state index in [1.54, 1.807) is 5.48 Å². The van der Waals surface area contributed by atoms with E-state index in [1.807, 2.05) is 0 Å². The van der Waals surface area contributed by atoms with Gasteiger partial charge in [-0.2, -0.15) is 4.98 Å². The molecule has 1 aromatic heterocycles. The van der Waals surface area contributed by atoms with Crippen molar-refractivity contribution in [3.63, 3.8) is 0 Å². The molecule has 0 spiro atoms. The van der Waals surface area contributed by atoms with Crippen LogP contribution in [0.3, 0.4) is 0 Å². The third-order valence-corrected chi connectivity index (χ3v) is 2.74. The minimum Gasteiger partial charge on any atom is -0.394 e. The summed E-state index contributed by atoms with van der Waals surface area (Å²) in [6.07, 6.45) is -3.50. The molecule has 0 bridgehead atoms. The molecular formula is C9H13N3O6. The van der Waals surface area contributed by atoms with Crippen molar-refractivity contribution in [2.45, 2.75) is 24.5 Å². The first-order chi connectivity index (χ1) is 8.58. The second kappa shape index (κ2) is 5.00. The lowest BCUT2D eigenvalue weighted by Crippen LogP contribution is -2.36. The van der Waals surface area contributed by atoms with E-state index in [-0.39, 0.29) is 5.82 Å². The standard InChI is InChI=1S/C9H13N3O6/c13-3-4-6(14)7(15)8(18-4)12-2-1-5(11-17)10-9(12)16/h1-2,4,6-8,13-15,17H,3H2,(H,10,11,16)/t4-,6-,7-,8-/m1/s1. The van der Waals surface area contributed by atoms with E-state index in [4.69, 9.17) is 15.1 Å². The van der Waals surface area contributed by atoms with Crippen LogP contribution < -0.4 is 11.2 Å². The quantitative estimate of drug-likeness (QED) is 0.381. The number of ether oxygens (including phenoxy) is 1. The summed E-state index contributed by atoms with van der Waals surface area (Å²) in [5.74, 6) is -0.0528. The van der Waals surface area contributed by atoms with Gasteiger partial charge in [-0.15, -0.1) is 0 Å². The first kappa shape index (κ1) is 12.9. The lowest BCUT2D eigenvalue weighted by molar-refractivity contribution is -0.0549. The smallest absolute Gasteiger partial charge is 0.351 e. The zero-order valence-electron chi connectivity index (χ0n) is 9.17. The predicted molar refractivity (Wildman–Crippen MR) is 56.9 cm³/mol. The van der Waals surface area contributed by atoms with Gasteiger partial charge in [0.05, 0.1) is 6.61 Å². The van der Waals surface area contributed by atoms with Crippen LogP contribution in [0.4, 0.5) is 5.82 Å². The number of anilines is 1. The highest BCUT2D eigenvalue weighted by Gasteiger charge is 2.43. The van der Waals surface area contributed by atoms with E-state index in [2.05, 4.69) is 4.98 Å². The fourth-order valence-corrected chi connectivity index (χ4v) is 1.78. The number of aromatic nitrogens is 2. The predicted octanol–water partition coefficient (Wildman–Crippen LogP) is -2.34. The summed E-state index contributed by atoms with van der Waals surface area (Å²) < 4.78 is 6.13. The minimum absolute atomic E-state index is 0.0528. The summed E-state index contributed by atoms with van der Waals surface area (Å²) >= 11 is 0. The Balaban J connectivity index is 2.30. The van der Waals surface area contributed by atoms with Crippen LogP contribution in [0.2, 0.25) is 0 Å². The fraction of sp³-hybridized carbons (Fsp3) is 0.556. The molecule has 0 aromatic carbocycles. The lowest BCUT2D eigenvalue weighted by atomic mass is 10.1. The molecule has 0 radical (unpaired) electrons. The van der Waals surface area contributed by atoms with Crippen molar-refractivity contribution in [3.05, 3.63) is 22.7 Å². The molecule has 1 aromatic rings. The number of aliphatic hydroxyl groups excluding tert-OH is 3. The van der Waals surface area contributed by atoms with Gasteiger partial charge in [0.15, 0.2) is 12.0 Å². The van der Waals surface area contributed by atoms with Crippen LogP contribution in [-0.2, 0) is 4.74 Å². The van der Waals surface area contributed by atoms with Crippen LogP contribution >= 0.6 is 0 Å². The van der Waals surface area contributed by atoms with E-state index in [9.17, 15) is 15.0 Å². The van der Waals surface area contributed by atoms with Crippen LogP contribution in [0.5, 0.6) is 0 Å². The van der Waals surface area contributed by atoms with Gasteiger partial charge in [0.1, 0.15) is 18.3 Å². The molecule has 0 saturated carbocycles. The Labute approximate surface area is 101 Å². The number of rotatable bonds is 3. The maximum absolute atomic E-state index is 11.6. The molecule has 9 nitrogen and oxygen atoms in total. The largest absolute Gasteiger partial charge is 0.394 e. The highest BCUT2D eigenvalue weighted by atomic mass is 16.6.